The summed E-state index contributed by atoms with van der Waals surface area (Å²) in [5, 5.41) is 9.04. The molecule has 1 aliphatic rings. The second kappa shape index (κ2) is 8.06. The predicted octanol–water partition coefficient (Wildman–Crippen LogP) is 1.75. The van der Waals surface area contributed by atoms with Crippen LogP contribution in [0.25, 0.3) is 0 Å². The van der Waals surface area contributed by atoms with Crippen molar-refractivity contribution in [2.45, 2.75) is 24.0 Å². The Kier molecular flexibility index (Phi) is 6.61. The molecule has 130 valence electrons. The number of thiophene rings is 1. The second-order valence-corrected chi connectivity index (χ2v) is 10.0. The highest BCUT2D eigenvalue weighted by atomic mass is 79.9. The van der Waals surface area contributed by atoms with Gasteiger partial charge in [0.1, 0.15) is 4.21 Å². The molecule has 9 heteroatoms. The molecule has 0 bridgehead atoms. The van der Waals surface area contributed by atoms with Crippen LogP contribution in [0.5, 0.6) is 0 Å². The molecule has 23 heavy (non-hydrogen) atoms. The van der Waals surface area contributed by atoms with E-state index < -0.39 is 10.0 Å². The van der Waals surface area contributed by atoms with Gasteiger partial charge in [0, 0.05) is 26.2 Å². The maximum Gasteiger partial charge on any atom is 0.252 e. The van der Waals surface area contributed by atoms with E-state index >= 15 is 0 Å². The average Bonchev–Trinajstić information content (AvgIpc) is 2.99. The van der Waals surface area contributed by atoms with Crippen LogP contribution < -0.4 is 0 Å². The smallest absolute Gasteiger partial charge is 0.252 e. The SMILES string of the molecule is CCN(CCO)C(=O)C1CCCN(S(=O)(=O)c2ccc(Br)s2)C1. The first-order chi connectivity index (χ1) is 10.9. The van der Waals surface area contributed by atoms with E-state index in [0.29, 0.717) is 30.1 Å². The average molecular weight is 425 g/mol. The molecule has 1 atom stereocenters. The lowest BCUT2D eigenvalue weighted by Gasteiger charge is -2.33. The monoisotopic (exact) mass is 424 g/mol. The van der Waals surface area contributed by atoms with Gasteiger partial charge in [-0.2, -0.15) is 4.31 Å². The van der Waals surface area contributed by atoms with Crippen molar-refractivity contribution >= 4 is 43.2 Å². The first-order valence-corrected chi connectivity index (χ1v) is 10.6. The van der Waals surface area contributed by atoms with Gasteiger partial charge in [0.05, 0.1) is 16.3 Å². The Morgan fingerprint density at radius 1 is 1.52 bits per heavy atom. The Balaban J connectivity index is 2.13. The molecule has 1 unspecified atom stereocenters. The highest BCUT2D eigenvalue weighted by molar-refractivity contribution is 9.11. The van der Waals surface area contributed by atoms with Crippen LogP contribution >= 0.6 is 27.3 Å². The number of amides is 1. The first-order valence-electron chi connectivity index (χ1n) is 7.55. The van der Waals surface area contributed by atoms with E-state index in [1.54, 1.807) is 17.0 Å². The number of piperidine rings is 1. The lowest BCUT2D eigenvalue weighted by molar-refractivity contribution is -0.137. The van der Waals surface area contributed by atoms with E-state index in [0.717, 1.165) is 3.79 Å². The van der Waals surface area contributed by atoms with Crippen LogP contribution in [0.15, 0.2) is 20.1 Å². The molecule has 1 fully saturated rings. The van der Waals surface area contributed by atoms with Gasteiger partial charge in [0.2, 0.25) is 5.91 Å². The van der Waals surface area contributed by atoms with Gasteiger partial charge in [-0.15, -0.1) is 11.3 Å². The minimum atomic E-state index is -3.55. The molecule has 0 aliphatic carbocycles. The second-order valence-electron chi connectivity index (χ2n) is 5.40. The summed E-state index contributed by atoms with van der Waals surface area (Å²) in [5.41, 5.74) is 0. The molecule has 0 aromatic carbocycles. The molecule has 2 rings (SSSR count). The van der Waals surface area contributed by atoms with Crippen molar-refractivity contribution in [2.75, 3.05) is 32.8 Å². The van der Waals surface area contributed by atoms with E-state index in [1.807, 2.05) is 6.92 Å². The summed E-state index contributed by atoms with van der Waals surface area (Å²) in [6.07, 6.45) is 1.35. The Hall–Kier alpha value is -0.480. The van der Waals surface area contributed by atoms with E-state index in [-0.39, 0.29) is 31.5 Å². The number of carbonyl (C=O) groups excluding carboxylic acids is 1. The maximum absolute atomic E-state index is 12.7. The zero-order valence-corrected chi connectivity index (χ0v) is 16.2. The van der Waals surface area contributed by atoms with E-state index in [9.17, 15) is 13.2 Å². The van der Waals surface area contributed by atoms with Crippen LogP contribution in [-0.4, -0.2) is 61.4 Å². The Bertz CT molecular complexity index is 647. The summed E-state index contributed by atoms with van der Waals surface area (Å²) in [7, 11) is -3.55. The molecular formula is C14H21BrN2O4S2. The van der Waals surface area contributed by atoms with Crippen LogP contribution in [-0.2, 0) is 14.8 Å². The molecular weight excluding hydrogens is 404 g/mol. The molecule has 0 saturated carbocycles. The largest absolute Gasteiger partial charge is 0.395 e. The Morgan fingerprint density at radius 2 is 2.26 bits per heavy atom. The number of carbonyl (C=O) groups is 1. The number of aliphatic hydroxyl groups is 1. The molecule has 2 heterocycles. The number of sulfonamides is 1. The summed E-state index contributed by atoms with van der Waals surface area (Å²) in [6, 6.07) is 3.30. The van der Waals surface area contributed by atoms with Gasteiger partial charge in [-0.25, -0.2) is 8.42 Å². The highest BCUT2D eigenvalue weighted by Crippen LogP contribution is 2.31. The minimum absolute atomic E-state index is 0.0752. The fraction of sp³-hybridized carbons (Fsp3) is 0.643. The van der Waals surface area contributed by atoms with E-state index in [4.69, 9.17) is 5.11 Å². The number of hydrogen-bond donors (Lipinski definition) is 1. The lowest BCUT2D eigenvalue weighted by Crippen LogP contribution is -2.47. The number of hydrogen-bond acceptors (Lipinski definition) is 5. The molecule has 0 spiro atoms. The Morgan fingerprint density at radius 3 is 2.83 bits per heavy atom. The summed E-state index contributed by atoms with van der Waals surface area (Å²) < 4.78 is 27.8. The van der Waals surface area contributed by atoms with Gasteiger partial charge in [-0.1, -0.05) is 0 Å². The zero-order valence-electron chi connectivity index (χ0n) is 12.9. The van der Waals surface area contributed by atoms with Gasteiger partial charge in [0.25, 0.3) is 10.0 Å². The fourth-order valence-corrected chi connectivity index (χ4v) is 6.42. The quantitative estimate of drug-likeness (QED) is 0.754. The normalized spacial score (nSPS) is 19.7. The lowest BCUT2D eigenvalue weighted by atomic mass is 9.98. The number of nitrogens with zero attached hydrogens (tertiary/aromatic N) is 2. The Labute approximate surface area is 149 Å². The van der Waals surface area contributed by atoms with Gasteiger partial charge < -0.3 is 10.0 Å². The molecule has 1 aromatic rings. The van der Waals surface area contributed by atoms with E-state index in [1.165, 1.54) is 15.6 Å². The number of rotatable bonds is 6. The number of likely N-dealkylation sites (N-methyl/N-ethyl adjacent to an activating group) is 1. The van der Waals surface area contributed by atoms with Crippen molar-refractivity contribution in [3.8, 4) is 0 Å². The first kappa shape index (κ1) is 18.9. The fourth-order valence-electron chi connectivity index (χ4n) is 2.73. The number of halogens is 1. The van der Waals surface area contributed by atoms with Crippen LogP contribution in [0, 0.1) is 5.92 Å². The van der Waals surface area contributed by atoms with Crippen LogP contribution in [0.3, 0.4) is 0 Å². The van der Waals surface area contributed by atoms with Crippen molar-refractivity contribution in [3.63, 3.8) is 0 Å². The zero-order chi connectivity index (χ0) is 17.0. The third-order valence-corrected chi connectivity index (χ3v) is 7.90. The summed E-state index contributed by atoms with van der Waals surface area (Å²) in [5.74, 6) is -0.415. The maximum atomic E-state index is 12.7. The van der Waals surface area contributed by atoms with Crippen LogP contribution in [0.2, 0.25) is 0 Å². The van der Waals surface area contributed by atoms with Gasteiger partial charge in [-0.05, 0) is 47.8 Å². The molecule has 0 radical (unpaired) electrons. The van der Waals surface area contributed by atoms with Crippen molar-refractivity contribution in [3.05, 3.63) is 15.9 Å². The molecule has 1 amide bonds. The summed E-state index contributed by atoms with van der Waals surface area (Å²) >= 11 is 4.46. The topological polar surface area (TPSA) is 77.9 Å². The third-order valence-electron chi connectivity index (χ3n) is 3.94. The van der Waals surface area contributed by atoms with E-state index in [2.05, 4.69) is 15.9 Å². The molecule has 1 saturated heterocycles. The minimum Gasteiger partial charge on any atom is -0.395 e. The molecule has 1 aromatic heterocycles. The summed E-state index contributed by atoms with van der Waals surface area (Å²) in [4.78, 5) is 14.1. The number of aliphatic hydroxyl groups excluding tert-OH is 1. The van der Waals surface area contributed by atoms with Gasteiger partial charge in [-0.3, -0.25) is 4.79 Å². The van der Waals surface area contributed by atoms with Crippen molar-refractivity contribution in [1.82, 2.24) is 9.21 Å². The standard InChI is InChI=1S/C14H21BrN2O4S2/c1-2-16(8-9-18)14(19)11-4-3-7-17(10-11)23(20,21)13-6-5-12(15)22-13/h5-6,11,18H,2-4,7-10H2,1H3. The van der Waals surface area contributed by atoms with Gasteiger partial charge in [0.15, 0.2) is 0 Å². The van der Waals surface area contributed by atoms with Gasteiger partial charge >= 0.3 is 0 Å². The van der Waals surface area contributed by atoms with Crippen molar-refractivity contribution in [1.29, 1.82) is 0 Å². The van der Waals surface area contributed by atoms with Crippen molar-refractivity contribution < 1.29 is 18.3 Å². The van der Waals surface area contributed by atoms with Crippen LogP contribution in [0.1, 0.15) is 19.8 Å². The third kappa shape index (κ3) is 4.33. The molecule has 1 aliphatic heterocycles. The predicted molar refractivity (Wildman–Crippen MR) is 92.8 cm³/mol. The van der Waals surface area contributed by atoms with Crippen molar-refractivity contribution in [2.24, 2.45) is 5.92 Å². The molecule has 6 nitrogen and oxygen atoms in total. The summed E-state index contributed by atoms with van der Waals surface area (Å²) in [6.45, 7) is 3.22. The van der Waals surface area contributed by atoms with Crippen LogP contribution in [0.4, 0.5) is 0 Å². The molecule has 1 N–H and O–H groups in total. The highest BCUT2D eigenvalue weighted by Gasteiger charge is 2.35.